The summed E-state index contributed by atoms with van der Waals surface area (Å²) in [6, 6.07) is 6.70. The van der Waals surface area contributed by atoms with Crippen molar-refractivity contribution >= 4 is 0 Å². The van der Waals surface area contributed by atoms with Gasteiger partial charge in [-0.05, 0) is 68.3 Å². The summed E-state index contributed by atoms with van der Waals surface area (Å²) >= 11 is 0. The first-order valence-corrected chi connectivity index (χ1v) is 9.88. The molecule has 0 radical (unpaired) electrons. The second-order valence-electron chi connectivity index (χ2n) is 7.88. The second kappa shape index (κ2) is 8.78. The zero-order valence-corrected chi connectivity index (χ0v) is 16.9. The normalized spacial score (nSPS) is 23.2. The van der Waals surface area contributed by atoms with Crippen LogP contribution in [0.4, 0.5) is 30.7 Å². The van der Waals surface area contributed by atoms with E-state index in [0.717, 1.165) is 24.1 Å². The molecule has 0 heterocycles. The van der Waals surface area contributed by atoms with E-state index in [1.807, 2.05) is 0 Å². The third-order valence-electron chi connectivity index (χ3n) is 5.86. The number of likely N-dealkylation sites (N-methyl/N-ethyl adjacent to an activating group) is 1. The van der Waals surface area contributed by atoms with E-state index in [1.165, 1.54) is 12.1 Å². The van der Waals surface area contributed by atoms with Crippen LogP contribution in [0.5, 0.6) is 0 Å². The number of hydrogen-bond donors (Lipinski definition) is 2. The van der Waals surface area contributed by atoms with Crippen molar-refractivity contribution in [3.8, 4) is 0 Å². The molecule has 4 unspecified atom stereocenters. The molecule has 1 fully saturated rings. The van der Waals surface area contributed by atoms with Gasteiger partial charge in [-0.2, -0.15) is 26.3 Å². The monoisotopic (exact) mass is 448 g/mol. The standard InChI is InChI=1S/C22H23F7N2/c1-12(14-9-15(21(24,25)26)11-16(10-14)22(27,28)29)31-19-8-7-18(30-2)20(19)13-3-5-17(23)6-4-13/h3-6,9-12,18-20,30-31H,7-8H2,1-2H3. The van der Waals surface area contributed by atoms with Crippen molar-refractivity contribution in [1.82, 2.24) is 10.6 Å². The highest BCUT2D eigenvalue weighted by Gasteiger charge is 2.39. The molecule has 0 amide bonds. The number of rotatable bonds is 5. The van der Waals surface area contributed by atoms with E-state index >= 15 is 0 Å². The topological polar surface area (TPSA) is 24.1 Å². The van der Waals surface area contributed by atoms with Crippen molar-refractivity contribution in [3.63, 3.8) is 0 Å². The van der Waals surface area contributed by atoms with E-state index in [1.54, 1.807) is 26.1 Å². The van der Waals surface area contributed by atoms with Gasteiger partial charge in [-0.15, -0.1) is 0 Å². The van der Waals surface area contributed by atoms with Crippen LogP contribution >= 0.6 is 0 Å². The number of halogens is 7. The highest BCUT2D eigenvalue weighted by atomic mass is 19.4. The van der Waals surface area contributed by atoms with Gasteiger partial charge in [-0.3, -0.25) is 0 Å². The van der Waals surface area contributed by atoms with Crippen LogP contribution < -0.4 is 10.6 Å². The molecule has 4 atom stereocenters. The molecule has 0 aromatic heterocycles. The summed E-state index contributed by atoms with van der Waals surface area (Å²) in [6.07, 6.45) is -8.35. The van der Waals surface area contributed by atoms with Crippen LogP contribution in [0.25, 0.3) is 0 Å². The Balaban J connectivity index is 1.90. The third kappa shape index (κ3) is 5.38. The van der Waals surface area contributed by atoms with Crippen LogP contribution in [-0.2, 0) is 12.4 Å². The van der Waals surface area contributed by atoms with Crippen molar-refractivity contribution in [1.29, 1.82) is 0 Å². The summed E-state index contributed by atoms with van der Waals surface area (Å²) in [5.41, 5.74) is -1.91. The minimum Gasteiger partial charge on any atom is -0.316 e. The van der Waals surface area contributed by atoms with E-state index in [-0.39, 0.29) is 35.4 Å². The Kier molecular flexibility index (Phi) is 6.67. The van der Waals surface area contributed by atoms with Gasteiger partial charge >= 0.3 is 12.4 Å². The minimum atomic E-state index is -4.89. The maximum atomic E-state index is 13.3. The van der Waals surface area contributed by atoms with Gasteiger partial charge in [-0.1, -0.05) is 12.1 Å². The fraction of sp³-hybridized carbons (Fsp3) is 0.455. The minimum absolute atomic E-state index is 0.0439. The predicted octanol–water partition coefficient (Wildman–Crippen LogP) is 6.05. The van der Waals surface area contributed by atoms with Crippen molar-refractivity contribution in [2.75, 3.05) is 7.05 Å². The zero-order valence-electron chi connectivity index (χ0n) is 16.9. The van der Waals surface area contributed by atoms with Gasteiger partial charge in [0.05, 0.1) is 11.1 Å². The SMILES string of the molecule is CNC1CCC(NC(C)c2cc(C(F)(F)F)cc(C(F)(F)F)c2)C1c1ccc(F)cc1. The lowest BCUT2D eigenvalue weighted by atomic mass is 9.90. The number of benzene rings is 2. The van der Waals surface area contributed by atoms with Gasteiger partial charge in [0, 0.05) is 24.0 Å². The Morgan fingerprint density at radius 3 is 1.84 bits per heavy atom. The summed E-state index contributed by atoms with van der Waals surface area (Å²) in [5, 5.41) is 6.41. The lowest BCUT2D eigenvalue weighted by Crippen LogP contribution is -2.39. The molecule has 0 bridgehead atoms. The molecule has 1 saturated carbocycles. The number of alkyl halides is 6. The molecule has 2 nitrogen and oxygen atoms in total. The van der Waals surface area contributed by atoms with Crippen molar-refractivity contribution in [3.05, 3.63) is 70.5 Å². The van der Waals surface area contributed by atoms with Gasteiger partial charge in [-0.25, -0.2) is 4.39 Å². The lowest BCUT2D eigenvalue weighted by Gasteiger charge is -2.29. The average Bonchev–Trinajstić information content (AvgIpc) is 3.09. The largest absolute Gasteiger partial charge is 0.416 e. The molecule has 1 aliphatic rings. The fourth-order valence-corrected chi connectivity index (χ4v) is 4.31. The molecule has 0 spiro atoms. The maximum Gasteiger partial charge on any atom is 0.416 e. The molecule has 2 aromatic carbocycles. The van der Waals surface area contributed by atoms with Crippen LogP contribution in [0.3, 0.4) is 0 Å². The van der Waals surface area contributed by atoms with Crippen LogP contribution in [0, 0.1) is 5.82 Å². The summed E-state index contributed by atoms with van der Waals surface area (Å²) in [6.45, 7) is 1.55. The first-order valence-electron chi connectivity index (χ1n) is 9.88. The van der Waals surface area contributed by atoms with Crippen LogP contribution in [-0.4, -0.2) is 19.1 Å². The van der Waals surface area contributed by atoms with Gasteiger partial charge in [0.15, 0.2) is 0 Å². The number of hydrogen-bond acceptors (Lipinski definition) is 2. The van der Waals surface area contributed by atoms with Crippen molar-refractivity contribution in [2.24, 2.45) is 0 Å². The van der Waals surface area contributed by atoms with E-state index in [4.69, 9.17) is 0 Å². The molecular formula is C22H23F7N2. The molecule has 0 saturated heterocycles. The summed E-state index contributed by atoms with van der Waals surface area (Å²) in [5.74, 6) is -0.495. The van der Waals surface area contributed by atoms with Gasteiger partial charge in [0.2, 0.25) is 0 Å². The Morgan fingerprint density at radius 1 is 0.839 bits per heavy atom. The Morgan fingerprint density at radius 2 is 1.35 bits per heavy atom. The van der Waals surface area contributed by atoms with E-state index in [0.29, 0.717) is 6.42 Å². The predicted molar refractivity (Wildman–Crippen MR) is 103 cm³/mol. The van der Waals surface area contributed by atoms with E-state index in [9.17, 15) is 30.7 Å². The van der Waals surface area contributed by atoms with E-state index in [2.05, 4.69) is 10.6 Å². The highest BCUT2D eigenvalue weighted by molar-refractivity contribution is 5.35. The quantitative estimate of drug-likeness (QED) is 0.545. The Hall–Kier alpha value is -2.13. The molecule has 9 heteroatoms. The average molecular weight is 448 g/mol. The smallest absolute Gasteiger partial charge is 0.316 e. The van der Waals surface area contributed by atoms with Crippen LogP contribution in [0.2, 0.25) is 0 Å². The molecule has 2 N–H and O–H groups in total. The molecule has 0 aliphatic heterocycles. The first-order chi connectivity index (χ1) is 14.4. The Bertz CT molecular complexity index is 858. The molecule has 170 valence electrons. The van der Waals surface area contributed by atoms with Crippen molar-refractivity contribution in [2.45, 2.75) is 56.2 Å². The summed E-state index contributed by atoms with van der Waals surface area (Å²) in [4.78, 5) is 0. The zero-order chi connectivity index (χ0) is 23.0. The third-order valence-corrected chi connectivity index (χ3v) is 5.86. The molecule has 2 aromatic rings. The van der Waals surface area contributed by atoms with Crippen LogP contribution in [0.15, 0.2) is 42.5 Å². The second-order valence-corrected chi connectivity index (χ2v) is 7.88. The van der Waals surface area contributed by atoms with E-state index < -0.39 is 29.5 Å². The molecule has 3 rings (SSSR count). The van der Waals surface area contributed by atoms with Gasteiger partial charge < -0.3 is 10.6 Å². The Labute approximate surface area is 175 Å². The van der Waals surface area contributed by atoms with Crippen molar-refractivity contribution < 1.29 is 30.7 Å². The molecule has 31 heavy (non-hydrogen) atoms. The highest BCUT2D eigenvalue weighted by Crippen LogP contribution is 2.39. The van der Waals surface area contributed by atoms with Crippen LogP contribution in [0.1, 0.15) is 54.0 Å². The fourth-order valence-electron chi connectivity index (χ4n) is 4.31. The van der Waals surface area contributed by atoms with Gasteiger partial charge in [0.25, 0.3) is 0 Å². The van der Waals surface area contributed by atoms with Gasteiger partial charge in [0.1, 0.15) is 5.82 Å². The maximum absolute atomic E-state index is 13.3. The first kappa shape index (κ1) is 23.5. The molecule has 1 aliphatic carbocycles. The lowest BCUT2D eigenvalue weighted by molar-refractivity contribution is -0.143. The summed E-state index contributed by atoms with van der Waals surface area (Å²) in [7, 11) is 1.79. The molecular weight excluding hydrogens is 425 g/mol. The summed E-state index contributed by atoms with van der Waals surface area (Å²) < 4.78 is 92.5. The number of nitrogens with one attached hydrogen (secondary N) is 2.